The summed E-state index contributed by atoms with van der Waals surface area (Å²) in [4.78, 5) is 10.4. The molecule has 21 heavy (non-hydrogen) atoms. The zero-order valence-corrected chi connectivity index (χ0v) is 14.6. The molecule has 1 aliphatic rings. The van der Waals surface area contributed by atoms with Gasteiger partial charge in [0, 0.05) is 6.42 Å². The van der Waals surface area contributed by atoms with E-state index in [4.69, 9.17) is 5.11 Å². The summed E-state index contributed by atoms with van der Waals surface area (Å²) >= 11 is 0. The number of unbranched alkanes of at least 4 members (excludes halogenated alkanes) is 10. The minimum absolute atomic E-state index is 0.349. The molecule has 1 saturated heterocycles. The number of carbonyl (C=O) groups is 1. The topological polar surface area (TPSA) is 37.3 Å². The van der Waals surface area contributed by atoms with Crippen molar-refractivity contribution in [3.63, 3.8) is 0 Å². The summed E-state index contributed by atoms with van der Waals surface area (Å²) in [6.45, 7) is 0. The molecule has 2 nitrogen and oxygen atoms in total. The lowest BCUT2D eigenvalue weighted by atomic mass is 10.1. The molecule has 0 saturated carbocycles. The second-order valence-electron chi connectivity index (χ2n) is 6.46. The minimum Gasteiger partial charge on any atom is -0.481 e. The number of hydrogen-bond acceptors (Lipinski definition) is 1. The van der Waals surface area contributed by atoms with Gasteiger partial charge in [-0.15, -0.1) is 0 Å². The molecule has 124 valence electrons. The molecular formula is C18H35O2S+. The third-order valence-corrected chi connectivity index (χ3v) is 7.04. The van der Waals surface area contributed by atoms with Crippen LogP contribution < -0.4 is 0 Å². The van der Waals surface area contributed by atoms with Gasteiger partial charge >= 0.3 is 5.97 Å². The number of aliphatic carboxylic acids is 1. The van der Waals surface area contributed by atoms with Crippen LogP contribution in [0.15, 0.2) is 0 Å². The van der Waals surface area contributed by atoms with E-state index < -0.39 is 5.97 Å². The van der Waals surface area contributed by atoms with Crippen molar-refractivity contribution in [1.82, 2.24) is 0 Å². The first-order valence-electron chi connectivity index (χ1n) is 9.15. The van der Waals surface area contributed by atoms with Crippen LogP contribution >= 0.6 is 0 Å². The van der Waals surface area contributed by atoms with Gasteiger partial charge in [0.15, 0.2) is 0 Å². The predicted molar refractivity (Wildman–Crippen MR) is 94.2 cm³/mol. The fourth-order valence-electron chi connectivity index (χ4n) is 3.09. The van der Waals surface area contributed by atoms with Crippen LogP contribution in [0.4, 0.5) is 0 Å². The predicted octanol–water partition coefficient (Wildman–Crippen LogP) is 5.16. The zero-order chi connectivity index (χ0) is 15.2. The Morgan fingerprint density at radius 2 is 1.14 bits per heavy atom. The molecule has 0 atom stereocenters. The van der Waals surface area contributed by atoms with Gasteiger partial charge in [-0.1, -0.05) is 51.4 Å². The van der Waals surface area contributed by atoms with E-state index in [1.807, 2.05) is 0 Å². The van der Waals surface area contributed by atoms with Crippen LogP contribution in [0.5, 0.6) is 0 Å². The molecular weight excluding hydrogens is 280 g/mol. The van der Waals surface area contributed by atoms with E-state index >= 15 is 0 Å². The summed E-state index contributed by atoms with van der Waals surface area (Å²) in [6.07, 6.45) is 17.7. The summed E-state index contributed by atoms with van der Waals surface area (Å²) in [5.41, 5.74) is 0. The third kappa shape index (κ3) is 12.1. The number of carboxylic acid groups (broad SMARTS) is 1. The van der Waals surface area contributed by atoms with Gasteiger partial charge in [0.05, 0.1) is 0 Å². The van der Waals surface area contributed by atoms with Crippen molar-refractivity contribution < 1.29 is 9.90 Å². The summed E-state index contributed by atoms with van der Waals surface area (Å²) in [5, 5.41) is 8.54. The Labute approximate surface area is 134 Å². The van der Waals surface area contributed by atoms with E-state index in [-0.39, 0.29) is 0 Å². The molecule has 1 N–H and O–H groups in total. The first-order valence-corrected chi connectivity index (χ1v) is 10.9. The molecule has 0 amide bonds. The second kappa shape index (κ2) is 13.5. The quantitative estimate of drug-likeness (QED) is 0.355. The van der Waals surface area contributed by atoms with Gasteiger partial charge in [-0.25, -0.2) is 0 Å². The zero-order valence-electron chi connectivity index (χ0n) is 13.8. The van der Waals surface area contributed by atoms with Gasteiger partial charge in [-0.05, 0) is 43.0 Å². The second-order valence-corrected chi connectivity index (χ2v) is 8.91. The van der Waals surface area contributed by atoms with E-state index in [0.29, 0.717) is 6.42 Å². The molecule has 0 radical (unpaired) electrons. The van der Waals surface area contributed by atoms with Crippen molar-refractivity contribution in [3.05, 3.63) is 0 Å². The van der Waals surface area contributed by atoms with Crippen molar-refractivity contribution in [3.8, 4) is 0 Å². The lowest BCUT2D eigenvalue weighted by molar-refractivity contribution is -0.137. The maximum atomic E-state index is 10.4. The first kappa shape index (κ1) is 18.9. The molecule has 1 rings (SSSR count). The highest BCUT2D eigenvalue weighted by atomic mass is 32.2. The Kier molecular flexibility index (Phi) is 12.1. The molecule has 3 heteroatoms. The summed E-state index contributed by atoms with van der Waals surface area (Å²) in [5.74, 6) is 3.94. The smallest absolute Gasteiger partial charge is 0.303 e. The number of rotatable bonds is 14. The Morgan fingerprint density at radius 1 is 0.714 bits per heavy atom. The van der Waals surface area contributed by atoms with Crippen molar-refractivity contribution >= 4 is 16.9 Å². The molecule has 0 bridgehead atoms. The van der Waals surface area contributed by atoms with Gasteiger partial charge in [0.25, 0.3) is 0 Å². The Hall–Kier alpha value is -0.180. The van der Waals surface area contributed by atoms with E-state index in [1.165, 1.54) is 87.9 Å². The van der Waals surface area contributed by atoms with Crippen molar-refractivity contribution in [2.24, 2.45) is 0 Å². The summed E-state index contributed by atoms with van der Waals surface area (Å²) in [7, 11) is 0.818. The van der Waals surface area contributed by atoms with Gasteiger partial charge in [0.2, 0.25) is 0 Å². The average molecular weight is 316 g/mol. The summed E-state index contributed by atoms with van der Waals surface area (Å²) < 4.78 is 0. The lowest BCUT2D eigenvalue weighted by Gasteiger charge is -2.03. The van der Waals surface area contributed by atoms with Crippen LogP contribution in [-0.4, -0.2) is 28.3 Å². The Balaban J connectivity index is 1.68. The van der Waals surface area contributed by atoms with E-state index in [2.05, 4.69) is 0 Å². The standard InChI is InChI=1S/C18H34O2S/c19-18(20)14-10-8-6-4-2-1-3-5-7-9-11-15-21-16-12-13-17-21/h1-17H2/p+1. The van der Waals surface area contributed by atoms with Crippen LogP contribution in [0.25, 0.3) is 0 Å². The van der Waals surface area contributed by atoms with Gasteiger partial charge in [-0.3, -0.25) is 4.79 Å². The number of hydrogen-bond donors (Lipinski definition) is 1. The maximum Gasteiger partial charge on any atom is 0.303 e. The van der Waals surface area contributed by atoms with Crippen LogP contribution in [0, 0.1) is 0 Å². The number of carboxylic acids is 1. The van der Waals surface area contributed by atoms with E-state index in [9.17, 15) is 4.79 Å². The minimum atomic E-state index is -0.650. The van der Waals surface area contributed by atoms with Gasteiger partial charge in [-0.2, -0.15) is 0 Å². The molecule has 0 unspecified atom stereocenters. The fraction of sp³-hybridized carbons (Fsp3) is 0.944. The molecule has 0 spiro atoms. The van der Waals surface area contributed by atoms with Crippen LogP contribution in [0.2, 0.25) is 0 Å². The molecule has 0 aliphatic carbocycles. The van der Waals surface area contributed by atoms with Crippen LogP contribution in [0.3, 0.4) is 0 Å². The largest absolute Gasteiger partial charge is 0.481 e. The molecule has 1 fully saturated rings. The average Bonchev–Trinajstić information content (AvgIpc) is 2.97. The molecule has 0 aromatic rings. The molecule has 1 aliphatic heterocycles. The van der Waals surface area contributed by atoms with E-state index in [0.717, 1.165) is 23.7 Å². The first-order chi connectivity index (χ1) is 10.3. The van der Waals surface area contributed by atoms with Crippen LogP contribution in [-0.2, 0) is 15.7 Å². The van der Waals surface area contributed by atoms with Crippen LogP contribution in [0.1, 0.15) is 89.9 Å². The SMILES string of the molecule is O=C(O)CCCCCCCCCCCCC[S+]1CCCC1. The third-order valence-electron chi connectivity index (χ3n) is 4.44. The monoisotopic (exact) mass is 315 g/mol. The fourth-order valence-corrected chi connectivity index (χ4v) is 5.54. The molecule has 1 heterocycles. The lowest BCUT2D eigenvalue weighted by Crippen LogP contribution is -2.08. The Bertz CT molecular complexity index is 250. The summed E-state index contributed by atoms with van der Waals surface area (Å²) in [6, 6.07) is 0. The van der Waals surface area contributed by atoms with E-state index in [1.54, 1.807) is 0 Å². The Morgan fingerprint density at radius 3 is 1.62 bits per heavy atom. The highest BCUT2D eigenvalue weighted by molar-refractivity contribution is 7.97. The normalized spacial score (nSPS) is 15.6. The van der Waals surface area contributed by atoms with Gasteiger partial charge < -0.3 is 5.11 Å². The highest BCUT2D eigenvalue weighted by Gasteiger charge is 2.22. The maximum absolute atomic E-state index is 10.4. The highest BCUT2D eigenvalue weighted by Crippen LogP contribution is 2.16. The van der Waals surface area contributed by atoms with Crippen molar-refractivity contribution in [1.29, 1.82) is 0 Å². The molecule has 0 aromatic carbocycles. The van der Waals surface area contributed by atoms with Crippen molar-refractivity contribution in [2.75, 3.05) is 17.3 Å². The molecule has 0 aromatic heterocycles. The van der Waals surface area contributed by atoms with Gasteiger partial charge in [0.1, 0.15) is 17.3 Å². The van der Waals surface area contributed by atoms with Crippen molar-refractivity contribution in [2.45, 2.75) is 89.9 Å².